The molecule has 178 valence electrons. The fourth-order valence-electron chi connectivity index (χ4n) is 4.92. The fraction of sp³-hybridized carbons (Fsp3) is 0.385. The van der Waals surface area contributed by atoms with Gasteiger partial charge in [0.05, 0.1) is 38.1 Å². The van der Waals surface area contributed by atoms with Crippen LogP contribution in [0.25, 0.3) is 5.69 Å². The van der Waals surface area contributed by atoms with Crippen molar-refractivity contribution in [1.29, 1.82) is 0 Å². The molecule has 2 aliphatic heterocycles. The summed E-state index contributed by atoms with van der Waals surface area (Å²) in [6.45, 7) is 7.44. The zero-order valence-electron chi connectivity index (χ0n) is 19.7. The van der Waals surface area contributed by atoms with Crippen LogP contribution in [0.5, 0.6) is 5.75 Å². The van der Waals surface area contributed by atoms with Crippen LogP contribution in [-0.4, -0.2) is 71.0 Å². The van der Waals surface area contributed by atoms with E-state index < -0.39 is 0 Å². The van der Waals surface area contributed by atoms with E-state index in [4.69, 9.17) is 21.7 Å². The third kappa shape index (κ3) is 4.53. The minimum Gasteiger partial charge on any atom is -0.497 e. The molecule has 2 atom stereocenters. The van der Waals surface area contributed by atoms with Crippen molar-refractivity contribution in [1.82, 2.24) is 24.7 Å². The Kier molecular flexibility index (Phi) is 6.80. The van der Waals surface area contributed by atoms with Crippen LogP contribution < -0.4 is 10.1 Å². The minimum absolute atomic E-state index is 0.0132. The Bertz CT molecular complexity index is 1110. The summed E-state index contributed by atoms with van der Waals surface area (Å²) in [7, 11) is 1.69. The molecule has 2 saturated heterocycles. The molecule has 2 aromatic heterocycles. The minimum atomic E-state index is -0.0373. The number of methoxy groups -OCH3 is 1. The van der Waals surface area contributed by atoms with Crippen LogP contribution in [0, 0.1) is 6.92 Å². The molecule has 2 aliphatic rings. The Morgan fingerprint density at radius 3 is 2.56 bits per heavy atom. The number of aromatic nitrogens is 2. The highest BCUT2D eigenvalue weighted by Gasteiger charge is 2.41. The van der Waals surface area contributed by atoms with Crippen LogP contribution in [-0.2, 0) is 4.74 Å². The first-order valence-electron chi connectivity index (χ1n) is 11.8. The van der Waals surface area contributed by atoms with Crippen molar-refractivity contribution in [2.45, 2.75) is 19.0 Å². The molecule has 5 rings (SSSR count). The molecule has 3 aromatic rings. The maximum absolute atomic E-state index is 5.88. The SMILES string of the molecule is COc1ccc(-n2c(C)ccc2[C@H]2[C@H](c3ccccn3)NC(=S)N2CCN2CCOCC2)cc1. The lowest BCUT2D eigenvalue weighted by atomic mass is 10.0. The van der Waals surface area contributed by atoms with E-state index in [1.54, 1.807) is 7.11 Å². The number of nitrogens with zero attached hydrogens (tertiary/aromatic N) is 4. The van der Waals surface area contributed by atoms with Gasteiger partial charge in [0.2, 0.25) is 0 Å². The quantitative estimate of drug-likeness (QED) is 0.523. The Morgan fingerprint density at radius 1 is 1.06 bits per heavy atom. The van der Waals surface area contributed by atoms with E-state index in [9.17, 15) is 0 Å². The molecular formula is C26H31N5O2S. The van der Waals surface area contributed by atoms with Crippen LogP contribution in [0.2, 0.25) is 0 Å². The van der Waals surface area contributed by atoms with E-state index in [2.05, 4.69) is 61.9 Å². The molecular weight excluding hydrogens is 446 g/mol. The normalized spacial score (nSPS) is 21.0. The van der Waals surface area contributed by atoms with Crippen molar-refractivity contribution >= 4 is 17.3 Å². The van der Waals surface area contributed by atoms with Gasteiger partial charge in [0, 0.05) is 49.5 Å². The summed E-state index contributed by atoms with van der Waals surface area (Å²) in [5.41, 5.74) is 4.45. The summed E-state index contributed by atoms with van der Waals surface area (Å²) >= 11 is 5.88. The van der Waals surface area contributed by atoms with Crippen LogP contribution in [0.15, 0.2) is 60.8 Å². The van der Waals surface area contributed by atoms with Crippen molar-refractivity contribution in [3.8, 4) is 11.4 Å². The topological polar surface area (TPSA) is 54.8 Å². The molecule has 34 heavy (non-hydrogen) atoms. The molecule has 8 heteroatoms. The van der Waals surface area contributed by atoms with Gasteiger partial charge in [-0.2, -0.15) is 0 Å². The van der Waals surface area contributed by atoms with Gasteiger partial charge in [-0.05, 0) is 67.7 Å². The first-order chi connectivity index (χ1) is 16.7. The number of pyridine rings is 1. The maximum atomic E-state index is 5.88. The van der Waals surface area contributed by atoms with Crippen LogP contribution >= 0.6 is 12.2 Å². The number of nitrogens with one attached hydrogen (secondary N) is 1. The summed E-state index contributed by atoms with van der Waals surface area (Å²) in [6.07, 6.45) is 1.85. The molecule has 0 spiro atoms. The number of rotatable bonds is 7. The molecule has 1 aromatic carbocycles. The Balaban J connectivity index is 1.52. The van der Waals surface area contributed by atoms with Crippen molar-refractivity contribution in [2.75, 3.05) is 46.5 Å². The molecule has 2 fully saturated rings. The molecule has 7 nitrogen and oxygen atoms in total. The number of hydrogen-bond donors (Lipinski definition) is 1. The predicted octanol–water partition coefficient (Wildman–Crippen LogP) is 3.49. The number of morpholine rings is 1. The van der Waals surface area contributed by atoms with Gasteiger partial charge in [-0.3, -0.25) is 9.88 Å². The van der Waals surface area contributed by atoms with E-state index in [0.717, 1.165) is 61.6 Å². The summed E-state index contributed by atoms with van der Waals surface area (Å²) in [5, 5.41) is 4.35. The average molecular weight is 478 g/mol. The number of benzene rings is 1. The van der Waals surface area contributed by atoms with Gasteiger partial charge in [0.25, 0.3) is 0 Å². The highest BCUT2D eigenvalue weighted by molar-refractivity contribution is 7.80. The second-order valence-corrected chi connectivity index (χ2v) is 9.09. The average Bonchev–Trinajstić information content (AvgIpc) is 3.42. The van der Waals surface area contributed by atoms with Gasteiger partial charge in [-0.25, -0.2) is 0 Å². The second kappa shape index (κ2) is 10.1. The molecule has 0 aliphatic carbocycles. The summed E-state index contributed by atoms with van der Waals surface area (Å²) in [6, 6.07) is 18.6. The van der Waals surface area contributed by atoms with Crippen molar-refractivity contribution in [3.63, 3.8) is 0 Å². The predicted molar refractivity (Wildman–Crippen MR) is 136 cm³/mol. The number of ether oxygens (including phenoxy) is 2. The third-order valence-corrected chi connectivity index (χ3v) is 7.05. The fourth-order valence-corrected chi connectivity index (χ4v) is 5.25. The standard InChI is InChI=1S/C26H31N5O2S/c1-19-6-11-23(31(19)20-7-9-21(32-2)10-8-20)25-24(22-5-3-4-12-27-22)28-26(34)30(25)14-13-29-15-17-33-18-16-29/h3-12,24-25H,13-18H2,1-2H3,(H,28,34)/t24-,25-/m0/s1. The zero-order valence-corrected chi connectivity index (χ0v) is 20.5. The largest absolute Gasteiger partial charge is 0.497 e. The highest BCUT2D eigenvalue weighted by atomic mass is 32.1. The first kappa shape index (κ1) is 22.8. The van der Waals surface area contributed by atoms with E-state index in [1.165, 1.54) is 11.4 Å². The lowest BCUT2D eigenvalue weighted by Gasteiger charge is -2.32. The van der Waals surface area contributed by atoms with E-state index >= 15 is 0 Å². The van der Waals surface area contributed by atoms with E-state index in [0.29, 0.717) is 0 Å². The van der Waals surface area contributed by atoms with E-state index in [-0.39, 0.29) is 12.1 Å². The van der Waals surface area contributed by atoms with Crippen LogP contribution in [0.1, 0.15) is 29.2 Å². The lowest BCUT2D eigenvalue weighted by Crippen LogP contribution is -2.42. The van der Waals surface area contributed by atoms with Gasteiger partial charge < -0.3 is 24.3 Å². The Labute approximate surface area is 206 Å². The number of thiocarbonyl (C=S) groups is 1. The van der Waals surface area contributed by atoms with E-state index in [1.807, 2.05) is 30.5 Å². The molecule has 4 heterocycles. The molecule has 0 unspecified atom stereocenters. The van der Waals surface area contributed by atoms with Gasteiger partial charge in [-0.15, -0.1) is 0 Å². The van der Waals surface area contributed by atoms with Crippen molar-refractivity contribution in [2.24, 2.45) is 0 Å². The highest BCUT2D eigenvalue weighted by Crippen LogP contribution is 2.40. The van der Waals surface area contributed by atoms with Crippen LogP contribution in [0.3, 0.4) is 0 Å². The lowest BCUT2D eigenvalue weighted by molar-refractivity contribution is 0.0349. The zero-order chi connectivity index (χ0) is 23.5. The van der Waals surface area contributed by atoms with Crippen LogP contribution in [0.4, 0.5) is 0 Å². The Morgan fingerprint density at radius 2 is 1.85 bits per heavy atom. The smallest absolute Gasteiger partial charge is 0.170 e. The van der Waals surface area contributed by atoms with Gasteiger partial charge >= 0.3 is 0 Å². The van der Waals surface area contributed by atoms with Gasteiger partial charge in [0.15, 0.2) is 5.11 Å². The maximum Gasteiger partial charge on any atom is 0.170 e. The number of hydrogen-bond acceptors (Lipinski definition) is 5. The monoisotopic (exact) mass is 477 g/mol. The molecule has 0 amide bonds. The summed E-state index contributed by atoms with van der Waals surface area (Å²) < 4.78 is 13.2. The first-order valence-corrected chi connectivity index (χ1v) is 12.2. The Hall–Kier alpha value is -2.94. The summed E-state index contributed by atoms with van der Waals surface area (Å²) in [5.74, 6) is 0.845. The molecule has 0 radical (unpaired) electrons. The van der Waals surface area contributed by atoms with Crippen molar-refractivity contribution < 1.29 is 9.47 Å². The van der Waals surface area contributed by atoms with Gasteiger partial charge in [-0.1, -0.05) is 6.07 Å². The summed E-state index contributed by atoms with van der Waals surface area (Å²) in [4.78, 5) is 9.47. The molecule has 1 N–H and O–H groups in total. The molecule has 0 saturated carbocycles. The number of aryl methyl sites for hydroxylation is 1. The third-order valence-electron chi connectivity index (χ3n) is 6.70. The second-order valence-electron chi connectivity index (χ2n) is 8.71. The van der Waals surface area contributed by atoms with Crippen molar-refractivity contribution in [3.05, 3.63) is 77.9 Å². The molecule has 0 bridgehead atoms. The van der Waals surface area contributed by atoms with Gasteiger partial charge in [0.1, 0.15) is 5.75 Å².